The number of fused-ring (bicyclic) bond motifs is 1. The lowest BCUT2D eigenvalue weighted by atomic mass is 9.99. The second-order valence-electron chi connectivity index (χ2n) is 8.87. The predicted molar refractivity (Wildman–Crippen MR) is 153 cm³/mol. The van der Waals surface area contributed by atoms with Gasteiger partial charge in [-0.2, -0.15) is 0 Å². The van der Waals surface area contributed by atoms with Gasteiger partial charge in [0.1, 0.15) is 9.71 Å². The highest BCUT2D eigenvalue weighted by Crippen LogP contribution is 2.42. The third-order valence-corrected chi connectivity index (χ3v) is 7.74. The molecular formula is C30H26ClN3OS. The summed E-state index contributed by atoms with van der Waals surface area (Å²) < 4.78 is 0. The smallest absolute Gasteiger partial charge is 0.267 e. The average Bonchev–Trinajstić information content (AvgIpc) is 3.22. The molecular weight excluding hydrogens is 486 g/mol. The maximum atomic E-state index is 13.5. The van der Waals surface area contributed by atoms with Gasteiger partial charge < -0.3 is 11.1 Å². The second-order valence-corrected chi connectivity index (χ2v) is 10.3. The van der Waals surface area contributed by atoms with Crippen LogP contribution in [0, 0.1) is 13.8 Å². The number of halogens is 1. The van der Waals surface area contributed by atoms with Crippen molar-refractivity contribution in [3.63, 3.8) is 0 Å². The van der Waals surface area contributed by atoms with Crippen LogP contribution in [-0.4, -0.2) is 10.9 Å². The van der Waals surface area contributed by atoms with Crippen LogP contribution in [0.4, 0.5) is 11.4 Å². The number of para-hydroxylation sites is 1. The molecule has 36 heavy (non-hydrogen) atoms. The first-order chi connectivity index (χ1) is 17.4. The fourth-order valence-electron chi connectivity index (χ4n) is 4.39. The van der Waals surface area contributed by atoms with Gasteiger partial charge in [-0.3, -0.25) is 4.79 Å². The molecule has 0 saturated heterocycles. The first-order valence-corrected chi connectivity index (χ1v) is 13.0. The van der Waals surface area contributed by atoms with Gasteiger partial charge in [0.15, 0.2) is 0 Å². The quantitative estimate of drug-likeness (QED) is 0.249. The Morgan fingerprint density at radius 3 is 2.39 bits per heavy atom. The number of benzene rings is 3. The number of nitrogens with zero attached hydrogens (tertiary/aromatic N) is 1. The van der Waals surface area contributed by atoms with Crippen LogP contribution < -0.4 is 11.1 Å². The van der Waals surface area contributed by atoms with Gasteiger partial charge in [0, 0.05) is 21.7 Å². The van der Waals surface area contributed by atoms with E-state index in [1.165, 1.54) is 16.9 Å². The Bertz CT molecular complexity index is 1590. The van der Waals surface area contributed by atoms with Gasteiger partial charge in [-0.1, -0.05) is 78.7 Å². The number of nitrogens with two attached hydrogens (primary N) is 1. The Morgan fingerprint density at radius 2 is 1.69 bits per heavy atom. The third kappa shape index (κ3) is 4.48. The summed E-state index contributed by atoms with van der Waals surface area (Å²) in [5, 5.41) is 4.55. The molecule has 0 bridgehead atoms. The zero-order valence-corrected chi connectivity index (χ0v) is 21.9. The number of nitrogen functional groups attached to an aromatic ring is 1. The lowest BCUT2D eigenvalue weighted by Gasteiger charge is -2.12. The molecule has 180 valence electrons. The number of aryl methyl sites for hydroxylation is 3. The van der Waals surface area contributed by atoms with E-state index < -0.39 is 0 Å². The molecule has 0 atom stereocenters. The summed E-state index contributed by atoms with van der Waals surface area (Å²) in [6.07, 6.45) is 0.821. The number of anilines is 2. The molecule has 0 fully saturated rings. The van der Waals surface area contributed by atoms with E-state index in [0.29, 0.717) is 15.6 Å². The Balaban J connectivity index is 1.67. The van der Waals surface area contributed by atoms with Gasteiger partial charge in [0.05, 0.1) is 11.4 Å². The van der Waals surface area contributed by atoms with Gasteiger partial charge in [0.2, 0.25) is 0 Å². The third-order valence-electron chi connectivity index (χ3n) is 6.39. The number of amides is 1. The van der Waals surface area contributed by atoms with E-state index in [-0.39, 0.29) is 5.91 Å². The topological polar surface area (TPSA) is 68.0 Å². The molecule has 1 amide bonds. The van der Waals surface area contributed by atoms with Crippen LogP contribution in [0.5, 0.6) is 0 Å². The molecule has 0 saturated carbocycles. The van der Waals surface area contributed by atoms with Gasteiger partial charge in [0.25, 0.3) is 5.91 Å². The molecule has 0 spiro atoms. The number of rotatable bonds is 5. The van der Waals surface area contributed by atoms with Crippen molar-refractivity contribution in [3.8, 4) is 22.4 Å². The molecule has 0 aliphatic rings. The Morgan fingerprint density at radius 1 is 1.00 bits per heavy atom. The number of hydrogen-bond acceptors (Lipinski definition) is 4. The van der Waals surface area contributed by atoms with Crippen LogP contribution in [0.2, 0.25) is 5.02 Å². The summed E-state index contributed by atoms with van der Waals surface area (Å²) in [6.45, 7) is 6.13. The highest BCUT2D eigenvalue weighted by molar-refractivity contribution is 7.21. The lowest BCUT2D eigenvalue weighted by Crippen LogP contribution is -2.14. The van der Waals surface area contributed by atoms with Crippen molar-refractivity contribution in [2.45, 2.75) is 27.2 Å². The van der Waals surface area contributed by atoms with Crippen molar-refractivity contribution in [2.75, 3.05) is 11.1 Å². The zero-order valence-electron chi connectivity index (χ0n) is 20.4. The predicted octanol–water partition coefficient (Wildman–Crippen LogP) is 8.30. The highest BCUT2D eigenvalue weighted by Gasteiger charge is 2.22. The fraction of sp³-hybridized carbons (Fsp3) is 0.133. The molecule has 3 N–H and O–H groups in total. The molecule has 2 heterocycles. The minimum absolute atomic E-state index is 0.224. The van der Waals surface area contributed by atoms with Crippen LogP contribution in [0.3, 0.4) is 0 Å². The first-order valence-electron chi connectivity index (χ1n) is 11.8. The molecule has 3 aromatic carbocycles. The monoisotopic (exact) mass is 511 g/mol. The molecule has 2 aromatic heterocycles. The highest BCUT2D eigenvalue weighted by atomic mass is 35.5. The Labute approximate surface area is 219 Å². The van der Waals surface area contributed by atoms with E-state index in [0.717, 1.165) is 55.8 Å². The van der Waals surface area contributed by atoms with E-state index >= 15 is 0 Å². The molecule has 0 aliphatic heterocycles. The SMILES string of the molecule is CCc1cccc(C)c1NC(=O)c1sc2nc(-c3ccc(C)cc3)cc(-c3ccc(Cl)cc3)c2c1N. The lowest BCUT2D eigenvalue weighted by molar-refractivity contribution is 0.103. The molecule has 0 radical (unpaired) electrons. The summed E-state index contributed by atoms with van der Waals surface area (Å²) >= 11 is 7.48. The van der Waals surface area contributed by atoms with Gasteiger partial charge in [-0.25, -0.2) is 4.98 Å². The van der Waals surface area contributed by atoms with Crippen LogP contribution >= 0.6 is 22.9 Å². The van der Waals surface area contributed by atoms with E-state index in [1.807, 2.05) is 55.5 Å². The van der Waals surface area contributed by atoms with Crippen LogP contribution in [-0.2, 0) is 6.42 Å². The molecule has 0 unspecified atom stereocenters. The number of pyridine rings is 1. The normalized spacial score (nSPS) is 11.1. The number of carbonyl (C=O) groups excluding carboxylic acids is 1. The number of thiophene rings is 1. The zero-order chi connectivity index (χ0) is 25.4. The van der Waals surface area contributed by atoms with Crippen molar-refractivity contribution in [1.82, 2.24) is 4.98 Å². The molecule has 0 aliphatic carbocycles. The summed E-state index contributed by atoms with van der Waals surface area (Å²) in [5.74, 6) is -0.224. The Kier molecular flexibility index (Phi) is 6.52. The number of aromatic nitrogens is 1. The molecule has 4 nitrogen and oxygen atoms in total. The number of carbonyl (C=O) groups is 1. The van der Waals surface area contributed by atoms with Crippen molar-refractivity contribution < 1.29 is 4.79 Å². The Hall–Kier alpha value is -3.67. The van der Waals surface area contributed by atoms with Crippen molar-refractivity contribution in [3.05, 3.63) is 99.4 Å². The molecule has 6 heteroatoms. The molecule has 5 aromatic rings. The van der Waals surface area contributed by atoms with Gasteiger partial charge >= 0.3 is 0 Å². The maximum Gasteiger partial charge on any atom is 0.267 e. The number of nitrogens with one attached hydrogen (secondary N) is 1. The number of hydrogen-bond donors (Lipinski definition) is 2. The van der Waals surface area contributed by atoms with E-state index in [1.54, 1.807) is 0 Å². The van der Waals surface area contributed by atoms with Gasteiger partial charge in [-0.05, 0) is 60.7 Å². The summed E-state index contributed by atoms with van der Waals surface area (Å²) in [7, 11) is 0. The standard InChI is InChI=1S/C30H26ClN3OS/c1-4-19-7-5-6-18(3)27(19)34-29(35)28-26(32)25-23(20-12-14-22(31)15-13-20)16-24(33-30(25)36-28)21-10-8-17(2)9-11-21/h5-16H,4,32H2,1-3H3,(H,34,35). The maximum absolute atomic E-state index is 13.5. The minimum atomic E-state index is -0.224. The largest absolute Gasteiger partial charge is 0.397 e. The van der Waals surface area contributed by atoms with Crippen LogP contribution in [0.25, 0.3) is 32.6 Å². The summed E-state index contributed by atoms with van der Waals surface area (Å²) in [6, 6.07) is 24.0. The van der Waals surface area contributed by atoms with Crippen LogP contribution in [0.15, 0.2) is 72.8 Å². The van der Waals surface area contributed by atoms with Crippen molar-refractivity contribution in [1.29, 1.82) is 0 Å². The summed E-state index contributed by atoms with van der Waals surface area (Å²) in [5.41, 5.74) is 14.9. The fourth-order valence-corrected chi connectivity index (χ4v) is 5.53. The molecule has 5 rings (SSSR count). The van der Waals surface area contributed by atoms with E-state index in [2.05, 4.69) is 43.4 Å². The van der Waals surface area contributed by atoms with E-state index in [4.69, 9.17) is 22.3 Å². The van der Waals surface area contributed by atoms with Crippen molar-refractivity contribution >= 4 is 50.4 Å². The van der Waals surface area contributed by atoms with Gasteiger partial charge in [-0.15, -0.1) is 11.3 Å². The summed E-state index contributed by atoms with van der Waals surface area (Å²) in [4.78, 5) is 19.6. The average molecular weight is 512 g/mol. The first kappa shape index (κ1) is 24.0. The minimum Gasteiger partial charge on any atom is -0.397 e. The van der Waals surface area contributed by atoms with Crippen LogP contribution in [0.1, 0.15) is 33.3 Å². The second kappa shape index (κ2) is 9.76. The van der Waals surface area contributed by atoms with Crippen molar-refractivity contribution in [2.24, 2.45) is 0 Å². The van der Waals surface area contributed by atoms with E-state index in [9.17, 15) is 4.79 Å².